The molecule has 0 aromatic carbocycles. The van der Waals surface area contributed by atoms with Crippen molar-refractivity contribution in [3.05, 3.63) is 12.5 Å². The summed E-state index contributed by atoms with van der Waals surface area (Å²) in [5.41, 5.74) is 6.53. The largest absolute Gasteiger partial charge is 0.391 e. The zero-order valence-corrected chi connectivity index (χ0v) is 13.3. The van der Waals surface area contributed by atoms with Gasteiger partial charge in [0.05, 0.1) is 18.6 Å². The number of fused-ring (bicyclic) bond motifs is 1. The minimum Gasteiger partial charge on any atom is -0.391 e. The SMILES string of the molecule is CC#CC1(Cl)[C@@H](O)[C@@H]([C@@H](C)O)O[C@H]1n1cnc2cnc(N)nc21. The number of aromatic nitrogens is 4. The summed E-state index contributed by atoms with van der Waals surface area (Å²) >= 11 is 6.57. The van der Waals surface area contributed by atoms with E-state index in [1.165, 1.54) is 24.0 Å². The molecule has 0 spiro atoms. The van der Waals surface area contributed by atoms with Crippen LogP contribution in [0.2, 0.25) is 0 Å². The Bertz CT molecular complexity index is 799. The molecule has 2 aromatic rings. The summed E-state index contributed by atoms with van der Waals surface area (Å²) in [5.74, 6) is 5.55. The van der Waals surface area contributed by atoms with E-state index in [1.54, 1.807) is 6.92 Å². The number of nitrogens with zero attached hydrogens (tertiary/aromatic N) is 4. The second-order valence-electron chi connectivity index (χ2n) is 5.37. The van der Waals surface area contributed by atoms with Crippen molar-refractivity contribution < 1.29 is 14.9 Å². The lowest BCUT2D eigenvalue weighted by Gasteiger charge is -2.25. The molecule has 122 valence electrons. The molecule has 2 aromatic heterocycles. The number of hydrogen-bond donors (Lipinski definition) is 3. The van der Waals surface area contributed by atoms with Crippen molar-refractivity contribution >= 4 is 28.7 Å². The molecular weight excluding hydrogens is 322 g/mol. The number of aliphatic hydroxyl groups excluding tert-OH is 2. The summed E-state index contributed by atoms with van der Waals surface area (Å²) in [5, 5.41) is 20.3. The Morgan fingerprint density at radius 3 is 2.91 bits per heavy atom. The normalized spacial score (nSPS) is 31.8. The van der Waals surface area contributed by atoms with E-state index in [1.807, 2.05) is 0 Å². The van der Waals surface area contributed by atoms with E-state index in [0.717, 1.165) is 0 Å². The van der Waals surface area contributed by atoms with Crippen LogP contribution in [0.1, 0.15) is 20.1 Å². The van der Waals surface area contributed by atoms with Gasteiger partial charge in [-0.05, 0) is 13.8 Å². The zero-order chi connectivity index (χ0) is 16.8. The van der Waals surface area contributed by atoms with E-state index in [2.05, 4.69) is 26.8 Å². The third-order valence-electron chi connectivity index (χ3n) is 3.77. The fourth-order valence-electron chi connectivity index (χ4n) is 2.69. The second-order valence-corrected chi connectivity index (χ2v) is 6.00. The van der Waals surface area contributed by atoms with E-state index in [0.29, 0.717) is 11.2 Å². The van der Waals surface area contributed by atoms with Crippen LogP contribution in [-0.4, -0.2) is 52.9 Å². The van der Waals surface area contributed by atoms with Gasteiger partial charge >= 0.3 is 0 Å². The third kappa shape index (κ3) is 2.42. The molecule has 1 saturated heterocycles. The van der Waals surface area contributed by atoms with Gasteiger partial charge in [0, 0.05) is 0 Å². The Morgan fingerprint density at radius 2 is 2.26 bits per heavy atom. The van der Waals surface area contributed by atoms with Crippen LogP contribution >= 0.6 is 11.6 Å². The lowest BCUT2D eigenvalue weighted by molar-refractivity contribution is -0.0752. The second kappa shape index (κ2) is 5.62. The lowest BCUT2D eigenvalue weighted by atomic mass is 9.97. The van der Waals surface area contributed by atoms with Gasteiger partial charge in [-0.2, -0.15) is 4.98 Å². The Hall–Kier alpha value is -1.92. The molecule has 23 heavy (non-hydrogen) atoms. The molecule has 1 aliphatic heterocycles. The summed E-state index contributed by atoms with van der Waals surface area (Å²) in [6, 6.07) is 0. The van der Waals surface area contributed by atoms with Crippen LogP contribution in [-0.2, 0) is 4.74 Å². The van der Waals surface area contributed by atoms with Crippen molar-refractivity contribution in [2.45, 2.75) is 43.3 Å². The molecule has 0 saturated carbocycles. The minimum absolute atomic E-state index is 0.0756. The molecule has 1 aliphatic rings. The maximum atomic E-state index is 10.5. The Morgan fingerprint density at radius 1 is 1.52 bits per heavy atom. The maximum absolute atomic E-state index is 10.5. The number of anilines is 1. The summed E-state index contributed by atoms with van der Waals surface area (Å²) in [6.07, 6.45) is -0.970. The predicted molar refractivity (Wildman–Crippen MR) is 83.4 cm³/mol. The number of nitrogen functional groups attached to an aromatic ring is 1. The topological polar surface area (TPSA) is 119 Å². The van der Waals surface area contributed by atoms with Gasteiger partial charge in [0.15, 0.2) is 16.7 Å². The Kier molecular flexibility index (Phi) is 3.90. The first-order valence-electron chi connectivity index (χ1n) is 6.98. The van der Waals surface area contributed by atoms with Gasteiger partial charge in [-0.1, -0.05) is 17.5 Å². The van der Waals surface area contributed by atoms with E-state index < -0.39 is 29.4 Å². The van der Waals surface area contributed by atoms with Crippen LogP contribution in [0, 0.1) is 11.8 Å². The van der Waals surface area contributed by atoms with Crippen LogP contribution in [0.3, 0.4) is 0 Å². The summed E-state index contributed by atoms with van der Waals surface area (Å²) < 4.78 is 7.32. The van der Waals surface area contributed by atoms with Crippen LogP contribution in [0.15, 0.2) is 12.5 Å². The van der Waals surface area contributed by atoms with E-state index in [9.17, 15) is 10.2 Å². The number of alkyl halides is 1. The molecule has 0 amide bonds. The highest BCUT2D eigenvalue weighted by Gasteiger charge is 2.57. The smallest absolute Gasteiger partial charge is 0.222 e. The Balaban J connectivity index is 2.14. The molecule has 5 atom stereocenters. The molecule has 1 fully saturated rings. The van der Waals surface area contributed by atoms with Crippen LogP contribution in [0.5, 0.6) is 0 Å². The standard InChI is InChI=1S/C14H16ClN5O3/c1-3-4-14(15)10(22)9(7(2)21)23-12(14)20-6-18-8-5-17-13(16)19-11(8)20/h5-7,9-10,12,21-22H,1-2H3,(H2,16,17,19)/t7-,9-,10+,12-,14?/m1/s1. The molecule has 3 heterocycles. The molecule has 0 aliphatic carbocycles. The van der Waals surface area contributed by atoms with Crippen molar-refractivity contribution in [2.75, 3.05) is 5.73 Å². The van der Waals surface area contributed by atoms with Crippen molar-refractivity contribution in [3.63, 3.8) is 0 Å². The number of rotatable bonds is 2. The van der Waals surface area contributed by atoms with Crippen LogP contribution in [0.4, 0.5) is 5.95 Å². The third-order valence-corrected chi connectivity index (χ3v) is 4.27. The molecule has 0 bridgehead atoms. The number of ether oxygens (including phenoxy) is 1. The zero-order valence-electron chi connectivity index (χ0n) is 12.5. The van der Waals surface area contributed by atoms with Crippen molar-refractivity contribution in [1.82, 2.24) is 19.5 Å². The molecule has 1 unspecified atom stereocenters. The highest BCUT2D eigenvalue weighted by Crippen LogP contribution is 2.45. The quantitative estimate of drug-likeness (QED) is 0.523. The first kappa shape index (κ1) is 16.0. The van der Waals surface area contributed by atoms with Gasteiger partial charge in [-0.25, -0.2) is 9.97 Å². The number of hydrogen-bond acceptors (Lipinski definition) is 7. The van der Waals surface area contributed by atoms with E-state index in [4.69, 9.17) is 22.1 Å². The predicted octanol–water partition coefficient (Wildman–Crippen LogP) is 0.0485. The van der Waals surface area contributed by atoms with Crippen molar-refractivity contribution in [1.29, 1.82) is 0 Å². The fourth-order valence-corrected chi connectivity index (χ4v) is 3.07. The summed E-state index contributed by atoms with van der Waals surface area (Å²) in [7, 11) is 0. The van der Waals surface area contributed by atoms with Gasteiger partial charge in [-0.15, -0.1) is 5.92 Å². The van der Waals surface area contributed by atoms with Gasteiger partial charge in [0.1, 0.15) is 17.7 Å². The monoisotopic (exact) mass is 337 g/mol. The van der Waals surface area contributed by atoms with Crippen molar-refractivity contribution in [3.8, 4) is 11.8 Å². The van der Waals surface area contributed by atoms with Gasteiger partial charge in [-0.3, -0.25) is 4.57 Å². The molecule has 0 radical (unpaired) electrons. The Labute approximate surface area is 137 Å². The molecule has 4 N–H and O–H groups in total. The van der Waals surface area contributed by atoms with Gasteiger partial charge in [0.2, 0.25) is 5.95 Å². The van der Waals surface area contributed by atoms with E-state index in [-0.39, 0.29) is 5.95 Å². The van der Waals surface area contributed by atoms with Gasteiger partial charge in [0.25, 0.3) is 0 Å². The highest BCUT2D eigenvalue weighted by molar-refractivity contribution is 6.27. The average molecular weight is 338 g/mol. The molecule has 8 nitrogen and oxygen atoms in total. The van der Waals surface area contributed by atoms with Crippen LogP contribution < -0.4 is 5.73 Å². The summed E-state index contributed by atoms with van der Waals surface area (Å²) in [4.78, 5) is 10.7. The minimum atomic E-state index is -1.45. The van der Waals surface area contributed by atoms with E-state index >= 15 is 0 Å². The fraction of sp³-hybridized carbons (Fsp3) is 0.500. The lowest BCUT2D eigenvalue weighted by Crippen LogP contribution is -2.43. The molecule has 3 rings (SSSR count). The number of nitrogens with two attached hydrogens (primary N) is 1. The number of imidazole rings is 1. The summed E-state index contributed by atoms with van der Waals surface area (Å²) in [6.45, 7) is 3.12. The maximum Gasteiger partial charge on any atom is 0.222 e. The average Bonchev–Trinajstić information content (AvgIpc) is 3.00. The first-order valence-corrected chi connectivity index (χ1v) is 7.35. The van der Waals surface area contributed by atoms with Crippen LogP contribution in [0.25, 0.3) is 11.2 Å². The molecular formula is C14H16ClN5O3. The van der Waals surface area contributed by atoms with Gasteiger partial charge < -0.3 is 20.7 Å². The van der Waals surface area contributed by atoms with Crippen molar-refractivity contribution in [2.24, 2.45) is 0 Å². The number of halogens is 1. The first-order chi connectivity index (χ1) is 10.9. The highest BCUT2D eigenvalue weighted by atomic mass is 35.5. The number of aliphatic hydroxyl groups is 2. The molecule has 9 heteroatoms.